The molecule has 20 heavy (non-hydrogen) atoms. The molecule has 4 heteroatoms. The highest BCUT2D eigenvalue weighted by atomic mass is 15.3. The van der Waals surface area contributed by atoms with Crippen molar-refractivity contribution in [3.05, 3.63) is 18.0 Å². The van der Waals surface area contributed by atoms with Gasteiger partial charge in [0.15, 0.2) is 0 Å². The molecule has 1 atom stereocenters. The number of likely N-dealkylation sites (tertiary alicyclic amines) is 1. The fraction of sp³-hybridized carbons (Fsp3) is 0.812. The molecule has 1 N–H and O–H groups in total. The van der Waals surface area contributed by atoms with E-state index in [1.807, 2.05) is 6.20 Å². The van der Waals surface area contributed by atoms with Gasteiger partial charge in [-0.1, -0.05) is 12.8 Å². The smallest absolute Gasteiger partial charge is 0.0671 e. The number of aryl methyl sites for hydroxylation is 1. The van der Waals surface area contributed by atoms with Gasteiger partial charge in [-0.05, 0) is 59.8 Å². The van der Waals surface area contributed by atoms with Gasteiger partial charge in [0, 0.05) is 18.3 Å². The molecule has 1 aliphatic heterocycles. The summed E-state index contributed by atoms with van der Waals surface area (Å²) in [6.07, 6.45) is 7.33. The van der Waals surface area contributed by atoms with Gasteiger partial charge in [-0.25, -0.2) is 0 Å². The second-order valence-corrected chi connectivity index (χ2v) is 6.35. The minimum atomic E-state index is 0.103. The topological polar surface area (TPSA) is 33.1 Å². The fourth-order valence-electron chi connectivity index (χ4n) is 3.54. The van der Waals surface area contributed by atoms with Gasteiger partial charge in [0.25, 0.3) is 0 Å². The van der Waals surface area contributed by atoms with E-state index in [2.05, 4.69) is 53.9 Å². The van der Waals surface area contributed by atoms with E-state index in [1.54, 1.807) is 0 Å². The molecule has 114 valence electrons. The van der Waals surface area contributed by atoms with Gasteiger partial charge < -0.3 is 5.32 Å². The molecule has 2 heterocycles. The Labute approximate surface area is 123 Å². The van der Waals surface area contributed by atoms with E-state index in [1.165, 1.54) is 44.5 Å². The Balaban J connectivity index is 2.24. The van der Waals surface area contributed by atoms with Crippen LogP contribution in [0.25, 0.3) is 0 Å². The molecule has 0 aliphatic carbocycles. The standard InChI is InChI=1S/C16H30N4/c1-5-20-14(10-11-18-20)15(17-4)16(2,3)19-12-8-6-7-9-13-19/h10-11,15,17H,5-9,12-13H2,1-4H3. The van der Waals surface area contributed by atoms with Crippen LogP contribution in [0.2, 0.25) is 0 Å². The highest BCUT2D eigenvalue weighted by Gasteiger charge is 2.37. The van der Waals surface area contributed by atoms with Crippen LogP contribution in [0.15, 0.2) is 12.3 Å². The van der Waals surface area contributed by atoms with E-state index in [-0.39, 0.29) is 5.54 Å². The maximum absolute atomic E-state index is 4.44. The molecule has 1 aliphatic rings. The quantitative estimate of drug-likeness (QED) is 0.899. The number of rotatable bonds is 5. The lowest BCUT2D eigenvalue weighted by Crippen LogP contribution is -2.53. The SMILES string of the molecule is CCn1nccc1C(NC)C(C)(C)N1CCCCCC1. The molecule has 4 nitrogen and oxygen atoms in total. The van der Waals surface area contributed by atoms with Crippen LogP contribution >= 0.6 is 0 Å². The van der Waals surface area contributed by atoms with Crippen molar-refractivity contribution >= 4 is 0 Å². The second-order valence-electron chi connectivity index (χ2n) is 6.35. The third-order valence-corrected chi connectivity index (χ3v) is 4.76. The Morgan fingerprint density at radius 1 is 1.25 bits per heavy atom. The molecule has 0 amide bonds. The number of hydrogen-bond donors (Lipinski definition) is 1. The predicted octanol–water partition coefficient (Wildman–Crippen LogP) is 2.82. The summed E-state index contributed by atoms with van der Waals surface area (Å²) >= 11 is 0. The van der Waals surface area contributed by atoms with Crippen LogP contribution < -0.4 is 5.32 Å². The van der Waals surface area contributed by atoms with Crippen LogP contribution in [-0.2, 0) is 6.54 Å². The highest BCUT2D eigenvalue weighted by molar-refractivity contribution is 5.14. The van der Waals surface area contributed by atoms with Crippen molar-refractivity contribution in [1.29, 1.82) is 0 Å². The zero-order valence-corrected chi connectivity index (χ0v) is 13.5. The van der Waals surface area contributed by atoms with Crippen molar-refractivity contribution in [2.75, 3.05) is 20.1 Å². The lowest BCUT2D eigenvalue weighted by Gasteiger charge is -2.44. The largest absolute Gasteiger partial charge is 0.310 e. The zero-order valence-electron chi connectivity index (χ0n) is 13.5. The molecule has 1 unspecified atom stereocenters. The number of aromatic nitrogens is 2. The van der Waals surface area contributed by atoms with Gasteiger partial charge in [-0.2, -0.15) is 5.10 Å². The summed E-state index contributed by atoms with van der Waals surface area (Å²) in [5.74, 6) is 0. The first-order valence-corrected chi connectivity index (χ1v) is 8.05. The molecular weight excluding hydrogens is 248 g/mol. The summed E-state index contributed by atoms with van der Waals surface area (Å²) in [6.45, 7) is 10.2. The second kappa shape index (κ2) is 6.72. The first-order chi connectivity index (χ1) is 9.61. The van der Waals surface area contributed by atoms with Crippen molar-refractivity contribution in [2.24, 2.45) is 0 Å². The molecule has 1 aromatic heterocycles. The van der Waals surface area contributed by atoms with E-state index in [9.17, 15) is 0 Å². The van der Waals surface area contributed by atoms with Gasteiger partial charge in [-0.3, -0.25) is 9.58 Å². The molecule has 1 aromatic rings. The monoisotopic (exact) mass is 278 g/mol. The number of nitrogens with one attached hydrogen (secondary N) is 1. The summed E-state index contributed by atoms with van der Waals surface area (Å²) in [5, 5.41) is 7.97. The first-order valence-electron chi connectivity index (χ1n) is 8.05. The maximum atomic E-state index is 4.44. The van der Waals surface area contributed by atoms with Crippen molar-refractivity contribution in [3.63, 3.8) is 0 Å². The van der Waals surface area contributed by atoms with Gasteiger partial charge in [0.1, 0.15) is 0 Å². The van der Waals surface area contributed by atoms with Gasteiger partial charge >= 0.3 is 0 Å². The van der Waals surface area contributed by atoms with E-state index in [0.29, 0.717) is 6.04 Å². The van der Waals surface area contributed by atoms with Crippen LogP contribution in [-0.4, -0.2) is 40.4 Å². The Kier molecular flexibility index (Phi) is 5.22. The molecular formula is C16H30N4. The van der Waals surface area contributed by atoms with Gasteiger partial charge in [-0.15, -0.1) is 0 Å². The van der Waals surface area contributed by atoms with Crippen molar-refractivity contribution < 1.29 is 0 Å². The van der Waals surface area contributed by atoms with Gasteiger partial charge in [0.2, 0.25) is 0 Å². The lowest BCUT2D eigenvalue weighted by molar-refractivity contribution is 0.0830. The first kappa shape index (κ1) is 15.5. The molecule has 0 bridgehead atoms. The normalized spacial score (nSPS) is 19.8. The maximum Gasteiger partial charge on any atom is 0.0671 e. The number of nitrogens with zero attached hydrogens (tertiary/aromatic N) is 3. The Morgan fingerprint density at radius 2 is 1.90 bits per heavy atom. The minimum Gasteiger partial charge on any atom is -0.310 e. The van der Waals surface area contributed by atoms with Crippen LogP contribution in [0.3, 0.4) is 0 Å². The van der Waals surface area contributed by atoms with Crippen molar-refractivity contribution in [1.82, 2.24) is 20.0 Å². The summed E-state index contributed by atoms with van der Waals surface area (Å²) in [4.78, 5) is 2.66. The van der Waals surface area contributed by atoms with E-state index < -0.39 is 0 Å². The van der Waals surface area contributed by atoms with Crippen LogP contribution in [0.1, 0.15) is 58.2 Å². The highest BCUT2D eigenvalue weighted by Crippen LogP contribution is 2.32. The van der Waals surface area contributed by atoms with Crippen molar-refractivity contribution in [3.8, 4) is 0 Å². The Morgan fingerprint density at radius 3 is 2.45 bits per heavy atom. The van der Waals surface area contributed by atoms with E-state index >= 15 is 0 Å². The van der Waals surface area contributed by atoms with E-state index in [4.69, 9.17) is 0 Å². The minimum absolute atomic E-state index is 0.103. The molecule has 0 spiro atoms. The van der Waals surface area contributed by atoms with E-state index in [0.717, 1.165) is 6.54 Å². The molecule has 0 radical (unpaired) electrons. The molecule has 1 fully saturated rings. The molecule has 1 saturated heterocycles. The fourth-order valence-corrected chi connectivity index (χ4v) is 3.54. The lowest BCUT2D eigenvalue weighted by atomic mass is 9.89. The number of likely N-dealkylation sites (N-methyl/N-ethyl adjacent to an activating group) is 1. The summed E-state index contributed by atoms with van der Waals surface area (Å²) in [7, 11) is 2.07. The number of hydrogen-bond acceptors (Lipinski definition) is 3. The Hall–Kier alpha value is -0.870. The van der Waals surface area contributed by atoms with Gasteiger partial charge in [0.05, 0.1) is 11.7 Å². The van der Waals surface area contributed by atoms with Crippen LogP contribution in [0, 0.1) is 0 Å². The predicted molar refractivity (Wildman–Crippen MR) is 83.8 cm³/mol. The third kappa shape index (κ3) is 3.07. The molecule has 0 saturated carbocycles. The molecule has 0 aromatic carbocycles. The summed E-state index contributed by atoms with van der Waals surface area (Å²) < 4.78 is 2.11. The summed E-state index contributed by atoms with van der Waals surface area (Å²) in [6, 6.07) is 2.47. The van der Waals surface area contributed by atoms with Crippen LogP contribution in [0.4, 0.5) is 0 Å². The van der Waals surface area contributed by atoms with Crippen molar-refractivity contribution in [2.45, 2.75) is 64.6 Å². The average molecular weight is 278 g/mol. The zero-order chi connectivity index (χ0) is 14.6. The average Bonchev–Trinajstić information content (AvgIpc) is 2.72. The van der Waals surface area contributed by atoms with Crippen LogP contribution in [0.5, 0.6) is 0 Å². The third-order valence-electron chi connectivity index (χ3n) is 4.76. The summed E-state index contributed by atoms with van der Waals surface area (Å²) in [5.41, 5.74) is 1.40. The Bertz CT molecular complexity index is 402. The molecule has 2 rings (SSSR count).